The van der Waals surface area contributed by atoms with Crippen LogP contribution in [0.1, 0.15) is 103 Å². The Balaban J connectivity index is 2.34. The Morgan fingerprint density at radius 3 is 1.86 bits per heavy atom. The fourth-order valence-electron chi connectivity index (χ4n) is 3.50. The molecule has 1 aromatic carbocycles. The first-order valence-electron chi connectivity index (χ1n) is 9.84. The van der Waals surface area contributed by atoms with Gasteiger partial charge in [-0.25, -0.2) is 0 Å². The summed E-state index contributed by atoms with van der Waals surface area (Å²) < 4.78 is 0. The fourth-order valence-corrected chi connectivity index (χ4v) is 3.50. The number of benzene rings is 1. The SMILES string of the molecule is CCCCCCCCCC(CCCC)C(C)c1ccccc1. The topological polar surface area (TPSA) is 0 Å². The summed E-state index contributed by atoms with van der Waals surface area (Å²) in [6, 6.07) is 11.1. The molecule has 0 saturated carbocycles. The van der Waals surface area contributed by atoms with Crippen molar-refractivity contribution >= 4 is 0 Å². The fraction of sp³-hybridized carbons (Fsp3) is 0.727. The Kier molecular flexibility index (Phi) is 11.2. The molecule has 22 heavy (non-hydrogen) atoms. The van der Waals surface area contributed by atoms with Gasteiger partial charge in [0.2, 0.25) is 0 Å². The standard InChI is InChI=1S/C22H38/c1-4-6-8-9-10-11-13-17-21(16-7-5-2)20(3)22-18-14-12-15-19-22/h12,14-15,18-21H,4-11,13,16-17H2,1-3H3. The van der Waals surface area contributed by atoms with E-state index in [0.29, 0.717) is 5.92 Å². The first-order chi connectivity index (χ1) is 10.8. The highest BCUT2D eigenvalue weighted by Crippen LogP contribution is 2.32. The molecule has 126 valence electrons. The maximum Gasteiger partial charge on any atom is -0.0162 e. The van der Waals surface area contributed by atoms with Crippen molar-refractivity contribution in [2.45, 2.75) is 97.3 Å². The summed E-state index contributed by atoms with van der Waals surface area (Å²) in [6.45, 7) is 7.05. The van der Waals surface area contributed by atoms with E-state index in [0.717, 1.165) is 5.92 Å². The molecule has 0 aliphatic heterocycles. The van der Waals surface area contributed by atoms with Gasteiger partial charge in [0, 0.05) is 0 Å². The zero-order valence-electron chi connectivity index (χ0n) is 15.3. The predicted molar refractivity (Wildman–Crippen MR) is 100 cm³/mol. The lowest BCUT2D eigenvalue weighted by molar-refractivity contribution is 0.359. The largest absolute Gasteiger partial charge is 0.0654 e. The van der Waals surface area contributed by atoms with Crippen LogP contribution in [-0.2, 0) is 0 Å². The van der Waals surface area contributed by atoms with Crippen molar-refractivity contribution in [3.63, 3.8) is 0 Å². The highest BCUT2D eigenvalue weighted by atomic mass is 14.2. The maximum atomic E-state index is 2.44. The van der Waals surface area contributed by atoms with Crippen molar-refractivity contribution in [3.8, 4) is 0 Å². The lowest BCUT2D eigenvalue weighted by atomic mass is 9.81. The van der Waals surface area contributed by atoms with Crippen molar-refractivity contribution in [2.75, 3.05) is 0 Å². The number of hydrogen-bond donors (Lipinski definition) is 0. The Morgan fingerprint density at radius 1 is 0.682 bits per heavy atom. The van der Waals surface area contributed by atoms with E-state index in [-0.39, 0.29) is 0 Å². The van der Waals surface area contributed by atoms with Gasteiger partial charge >= 0.3 is 0 Å². The molecule has 0 N–H and O–H groups in total. The van der Waals surface area contributed by atoms with Gasteiger partial charge in [-0.1, -0.05) is 109 Å². The second-order valence-electron chi connectivity index (χ2n) is 7.01. The average Bonchev–Trinajstić information content (AvgIpc) is 2.57. The van der Waals surface area contributed by atoms with Gasteiger partial charge in [-0.3, -0.25) is 0 Å². The van der Waals surface area contributed by atoms with Gasteiger partial charge in [-0.15, -0.1) is 0 Å². The molecule has 1 rings (SSSR count). The third-order valence-corrected chi connectivity index (χ3v) is 5.14. The van der Waals surface area contributed by atoms with Gasteiger partial charge in [0.15, 0.2) is 0 Å². The molecular weight excluding hydrogens is 264 g/mol. The Labute approximate surface area is 139 Å². The summed E-state index contributed by atoms with van der Waals surface area (Å²) in [5.74, 6) is 1.59. The van der Waals surface area contributed by atoms with E-state index in [4.69, 9.17) is 0 Å². The minimum Gasteiger partial charge on any atom is -0.0654 e. The molecular formula is C22H38. The third-order valence-electron chi connectivity index (χ3n) is 5.14. The van der Waals surface area contributed by atoms with Crippen molar-refractivity contribution < 1.29 is 0 Å². The molecule has 0 spiro atoms. The van der Waals surface area contributed by atoms with Crippen molar-refractivity contribution in [1.29, 1.82) is 0 Å². The van der Waals surface area contributed by atoms with E-state index in [1.165, 1.54) is 76.2 Å². The summed E-state index contributed by atoms with van der Waals surface area (Å²) in [5.41, 5.74) is 1.53. The lowest BCUT2D eigenvalue weighted by Gasteiger charge is -2.24. The van der Waals surface area contributed by atoms with Crippen LogP contribution < -0.4 is 0 Å². The number of hydrogen-bond acceptors (Lipinski definition) is 0. The van der Waals surface area contributed by atoms with Crippen LogP contribution >= 0.6 is 0 Å². The molecule has 0 heteroatoms. The lowest BCUT2D eigenvalue weighted by Crippen LogP contribution is -2.10. The summed E-state index contributed by atoms with van der Waals surface area (Å²) in [7, 11) is 0. The van der Waals surface area contributed by atoms with E-state index < -0.39 is 0 Å². The first kappa shape index (κ1) is 19.3. The molecule has 2 unspecified atom stereocenters. The summed E-state index contributed by atoms with van der Waals surface area (Å²) in [6.07, 6.45) is 15.5. The third kappa shape index (κ3) is 8.01. The van der Waals surface area contributed by atoms with Crippen LogP contribution in [-0.4, -0.2) is 0 Å². The molecule has 0 bridgehead atoms. The minimum absolute atomic E-state index is 0.716. The van der Waals surface area contributed by atoms with Crippen molar-refractivity contribution in [3.05, 3.63) is 35.9 Å². The molecule has 0 nitrogen and oxygen atoms in total. The van der Waals surface area contributed by atoms with E-state index in [9.17, 15) is 0 Å². The molecule has 0 saturated heterocycles. The molecule has 2 atom stereocenters. The van der Waals surface area contributed by atoms with Crippen LogP contribution in [0.25, 0.3) is 0 Å². The zero-order chi connectivity index (χ0) is 16.0. The monoisotopic (exact) mass is 302 g/mol. The van der Waals surface area contributed by atoms with Gasteiger partial charge < -0.3 is 0 Å². The molecule has 0 aliphatic rings. The van der Waals surface area contributed by atoms with Crippen LogP contribution in [0.4, 0.5) is 0 Å². The zero-order valence-corrected chi connectivity index (χ0v) is 15.3. The number of unbranched alkanes of at least 4 members (excludes halogenated alkanes) is 7. The van der Waals surface area contributed by atoms with Gasteiger partial charge in [0.1, 0.15) is 0 Å². The molecule has 0 radical (unpaired) electrons. The summed E-state index contributed by atoms with van der Waals surface area (Å²) >= 11 is 0. The second-order valence-corrected chi connectivity index (χ2v) is 7.01. The molecule has 1 aromatic rings. The average molecular weight is 303 g/mol. The Morgan fingerprint density at radius 2 is 1.23 bits per heavy atom. The van der Waals surface area contributed by atoms with Crippen LogP contribution in [0, 0.1) is 5.92 Å². The first-order valence-corrected chi connectivity index (χ1v) is 9.84. The molecule has 0 aliphatic carbocycles. The second kappa shape index (κ2) is 12.7. The summed E-state index contributed by atoms with van der Waals surface area (Å²) in [4.78, 5) is 0. The highest BCUT2D eigenvalue weighted by Gasteiger charge is 2.17. The van der Waals surface area contributed by atoms with Crippen LogP contribution in [0.2, 0.25) is 0 Å². The number of rotatable bonds is 13. The van der Waals surface area contributed by atoms with Crippen LogP contribution in [0.3, 0.4) is 0 Å². The Bertz CT molecular complexity index is 340. The molecule has 0 fully saturated rings. The minimum atomic E-state index is 0.716. The normalized spacial score (nSPS) is 14.0. The smallest absolute Gasteiger partial charge is 0.0162 e. The van der Waals surface area contributed by atoms with Gasteiger partial charge in [0.25, 0.3) is 0 Å². The predicted octanol–water partition coefficient (Wildman–Crippen LogP) is 7.74. The highest BCUT2D eigenvalue weighted by molar-refractivity contribution is 5.19. The molecule has 0 heterocycles. The molecule has 0 aromatic heterocycles. The Hall–Kier alpha value is -0.780. The quantitative estimate of drug-likeness (QED) is 0.327. The van der Waals surface area contributed by atoms with Crippen molar-refractivity contribution in [1.82, 2.24) is 0 Å². The van der Waals surface area contributed by atoms with Crippen molar-refractivity contribution in [2.24, 2.45) is 5.92 Å². The van der Waals surface area contributed by atoms with E-state index in [1.54, 1.807) is 0 Å². The van der Waals surface area contributed by atoms with Gasteiger partial charge in [-0.05, 0) is 30.2 Å². The van der Waals surface area contributed by atoms with E-state index >= 15 is 0 Å². The van der Waals surface area contributed by atoms with Crippen LogP contribution in [0.5, 0.6) is 0 Å². The van der Waals surface area contributed by atoms with Crippen LogP contribution in [0.15, 0.2) is 30.3 Å². The van der Waals surface area contributed by atoms with Gasteiger partial charge in [-0.2, -0.15) is 0 Å². The van der Waals surface area contributed by atoms with Gasteiger partial charge in [0.05, 0.1) is 0 Å². The van der Waals surface area contributed by atoms with E-state index in [1.807, 2.05) is 0 Å². The maximum absolute atomic E-state index is 2.44. The van der Waals surface area contributed by atoms with E-state index in [2.05, 4.69) is 51.1 Å². The molecule has 0 amide bonds. The summed E-state index contributed by atoms with van der Waals surface area (Å²) in [5, 5.41) is 0.